The van der Waals surface area contributed by atoms with E-state index in [0.717, 1.165) is 5.56 Å². The Balaban J connectivity index is 2.60. The van der Waals surface area contributed by atoms with Crippen LogP contribution in [0.3, 0.4) is 0 Å². The molecular weight excluding hydrogens is 218 g/mol. The SMILES string of the molecule is CC(C)[C@H](O)[C@@H](NCc1ccccc1)C(=O)O. The van der Waals surface area contributed by atoms with Gasteiger partial charge in [0, 0.05) is 6.54 Å². The molecular formula is C13H19NO3. The van der Waals surface area contributed by atoms with E-state index >= 15 is 0 Å². The molecule has 1 rings (SSSR count). The molecule has 0 aliphatic heterocycles. The van der Waals surface area contributed by atoms with Gasteiger partial charge in [-0.05, 0) is 11.5 Å². The maximum absolute atomic E-state index is 11.0. The fourth-order valence-electron chi connectivity index (χ4n) is 1.56. The van der Waals surface area contributed by atoms with Gasteiger partial charge in [0.25, 0.3) is 0 Å². The number of aliphatic hydroxyl groups is 1. The minimum absolute atomic E-state index is 0.0978. The van der Waals surface area contributed by atoms with Gasteiger partial charge in [0.2, 0.25) is 0 Å². The normalized spacial score (nSPS) is 14.6. The monoisotopic (exact) mass is 237 g/mol. The Labute approximate surface area is 101 Å². The topological polar surface area (TPSA) is 69.6 Å². The van der Waals surface area contributed by atoms with Crippen molar-refractivity contribution < 1.29 is 15.0 Å². The molecule has 4 heteroatoms. The van der Waals surface area contributed by atoms with Crippen LogP contribution in [0.25, 0.3) is 0 Å². The van der Waals surface area contributed by atoms with Gasteiger partial charge in [-0.15, -0.1) is 0 Å². The van der Waals surface area contributed by atoms with Crippen LogP contribution in [0.1, 0.15) is 19.4 Å². The first kappa shape index (κ1) is 13.7. The number of hydrogen-bond donors (Lipinski definition) is 3. The minimum atomic E-state index is -1.03. The van der Waals surface area contributed by atoms with Crippen LogP contribution in [0.5, 0.6) is 0 Å². The second-order valence-corrected chi connectivity index (χ2v) is 4.42. The first-order valence-electron chi connectivity index (χ1n) is 5.70. The lowest BCUT2D eigenvalue weighted by molar-refractivity contribution is -0.143. The minimum Gasteiger partial charge on any atom is -0.480 e. The van der Waals surface area contributed by atoms with Crippen molar-refractivity contribution >= 4 is 5.97 Å². The molecule has 0 radical (unpaired) electrons. The lowest BCUT2D eigenvalue weighted by Gasteiger charge is -2.23. The van der Waals surface area contributed by atoms with Gasteiger partial charge in [-0.2, -0.15) is 0 Å². The summed E-state index contributed by atoms with van der Waals surface area (Å²) in [6, 6.07) is 8.58. The number of aliphatic hydroxyl groups excluding tert-OH is 1. The van der Waals surface area contributed by atoms with E-state index in [4.69, 9.17) is 5.11 Å². The Kier molecular flexibility index (Phi) is 5.12. The van der Waals surface area contributed by atoms with Gasteiger partial charge in [0.1, 0.15) is 6.04 Å². The van der Waals surface area contributed by atoms with Gasteiger partial charge < -0.3 is 10.2 Å². The quantitative estimate of drug-likeness (QED) is 0.696. The second-order valence-electron chi connectivity index (χ2n) is 4.42. The summed E-state index contributed by atoms with van der Waals surface area (Å²) in [6.07, 6.45) is -0.892. The van der Waals surface area contributed by atoms with Crippen LogP contribution in [0, 0.1) is 5.92 Å². The molecule has 0 saturated carbocycles. The highest BCUT2D eigenvalue weighted by atomic mass is 16.4. The molecule has 0 aliphatic carbocycles. The molecule has 0 amide bonds. The summed E-state index contributed by atoms with van der Waals surface area (Å²) in [6.45, 7) is 4.02. The molecule has 0 unspecified atom stereocenters. The number of carboxylic acid groups (broad SMARTS) is 1. The molecule has 0 aliphatic rings. The van der Waals surface area contributed by atoms with E-state index in [1.807, 2.05) is 30.3 Å². The summed E-state index contributed by atoms with van der Waals surface area (Å²) in [5.74, 6) is -1.12. The molecule has 94 valence electrons. The number of nitrogens with one attached hydrogen (secondary N) is 1. The number of aliphatic carboxylic acids is 1. The molecule has 1 aromatic rings. The zero-order valence-corrected chi connectivity index (χ0v) is 10.1. The smallest absolute Gasteiger partial charge is 0.323 e. The fraction of sp³-hybridized carbons (Fsp3) is 0.462. The molecule has 0 spiro atoms. The summed E-state index contributed by atoms with van der Waals surface area (Å²) in [7, 11) is 0. The van der Waals surface area contributed by atoms with Crippen molar-refractivity contribution in [3.63, 3.8) is 0 Å². The molecule has 0 aromatic heterocycles. The number of carboxylic acids is 1. The molecule has 2 atom stereocenters. The number of benzene rings is 1. The van der Waals surface area contributed by atoms with Gasteiger partial charge in [0.15, 0.2) is 0 Å². The maximum atomic E-state index is 11.0. The fourth-order valence-corrected chi connectivity index (χ4v) is 1.56. The molecule has 17 heavy (non-hydrogen) atoms. The summed E-state index contributed by atoms with van der Waals surface area (Å²) in [4.78, 5) is 11.0. The number of carbonyl (C=O) groups is 1. The highest BCUT2D eigenvalue weighted by Crippen LogP contribution is 2.08. The van der Waals surface area contributed by atoms with E-state index in [1.54, 1.807) is 13.8 Å². The van der Waals surface area contributed by atoms with E-state index in [9.17, 15) is 9.90 Å². The van der Waals surface area contributed by atoms with Crippen LogP contribution in [-0.4, -0.2) is 28.3 Å². The Morgan fingerprint density at radius 3 is 2.35 bits per heavy atom. The largest absolute Gasteiger partial charge is 0.480 e. The van der Waals surface area contributed by atoms with Crippen molar-refractivity contribution in [2.24, 2.45) is 5.92 Å². The summed E-state index contributed by atoms with van der Waals surface area (Å²) < 4.78 is 0. The third-order valence-electron chi connectivity index (χ3n) is 2.66. The molecule has 0 saturated heterocycles. The van der Waals surface area contributed by atoms with Gasteiger partial charge in [0.05, 0.1) is 6.10 Å². The molecule has 1 aromatic carbocycles. The summed E-state index contributed by atoms with van der Waals surface area (Å²) in [5, 5.41) is 21.7. The summed E-state index contributed by atoms with van der Waals surface area (Å²) >= 11 is 0. The van der Waals surface area contributed by atoms with Crippen LogP contribution < -0.4 is 5.32 Å². The van der Waals surface area contributed by atoms with Crippen LogP contribution in [0.2, 0.25) is 0 Å². The highest BCUT2D eigenvalue weighted by molar-refractivity contribution is 5.74. The predicted octanol–water partition coefficient (Wildman–Crippen LogP) is 1.25. The molecule has 0 heterocycles. The van der Waals surface area contributed by atoms with Crippen molar-refractivity contribution in [2.45, 2.75) is 32.5 Å². The third-order valence-corrected chi connectivity index (χ3v) is 2.66. The van der Waals surface area contributed by atoms with Crippen LogP contribution >= 0.6 is 0 Å². The van der Waals surface area contributed by atoms with Crippen molar-refractivity contribution in [1.29, 1.82) is 0 Å². The zero-order valence-electron chi connectivity index (χ0n) is 10.1. The Bertz CT molecular complexity index is 351. The van der Waals surface area contributed by atoms with E-state index in [1.165, 1.54) is 0 Å². The second kappa shape index (κ2) is 6.37. The third kappa shape index (κ3) is 4.17. The van der Waals surface area contributed by atoms with Crippen LogP contribution in [-0.2, 0) is 11.3 Å². The van der Waals surface area contributed by atoms with Gasteiger partial charge in [-0.3, -0.25) is 10.1 Å². The maximum Gasteiger partial charge on any atom is 0.323 e. The standard InChI is InChI=1S/C13H19NO3/c1-9(2)12(15)11(13(16)17)14-8-10-6-4-3-5-7-10/h3-7,9,11-12,14-15H,8H2,1-2H3,(H,16,17)/t11-,12+/m1/s1. The Hall–Kier alpha value is -1.39. The zero-order chi connectivity index (χ0) is 12.8. The van der Waals surface area contributed by atoms with Crippen molar-refractivity contribution in [1.82, 2.24) is 5.32 Å². The Morgan fingerprint density at radius 2 is 1.88 bits per heavy atom. The van der Waals surface area contributed by atoms with E-state index < -0.39 is 18.1 Å². The van der Waals surface area contributed by atoms with Crippen LogP contribution in [0.4, 0.5) is 0 Å². The molecule has 3 N–H and O–H groups in total. The molecule has 0 fully saturated rings. The molecule has 4 nitrogen and oxygen atoms in total. The number of rotatable bonds is 6. The van der Waals surface area contributed by atoms with Crippen LogP contribution in [0.15, 0.2) is 30.3 Å². The lowest BCUT2D eigenvalue weighted by atomic mass is 9.99. The summed E-state index contributed by atoms with van der Waals surface area (Å²) in [5.41, 5.74) is 0.995. The van der Waals surface area contributed by atoms with E-state index in [2.05, 4.69) is 5.32 Å². The van der Waals surface area contributed by atoms with Crippen molar-refractivity contribution in [2.75, 3.05) is 0 Å². The van der Waals surface area contributed by atoms with Crippen molar-refractivity contribution in [3.05, 3.63) is 35.9 Å². The first-order valence-corrected chi connectivity index (χ1v) is 5.70. The van der Waals surface area contributed by atoms with Gasteiger partial charge in [-0.1, -0.05) is 44.2 Å². The average Bonchev–Trinajstić information content (AvgIpc) is 2.29. The average molecular weight is 237 g/mol. The predicted molar refractivity (Wildman–Crippen MR) is 65.6 cm³/mol. The lowest BCUT2D eigenvalue weighted by Crippen LogP contribution is -2.47. The Morgan fingerprint density at radius 1 is 1.29 bits per heavy atom. The van der Waals surface area contributed by atoms with Gasteiger partial charge in [-0.25, -0.2) is 0 Å². The van der Waals surface area contributed by atoms with Gasteiger partial charge >= 0.3 is 5.97 Å². The van der Waals surface area contributed by atoms with E-state index in [-0.39, 0.29) is 5.92 Å². The van der Waals surface area contributed by atoms with E-state index in [0.29, 0.717) is 6.54 Å². The van der Waals surface area contributed by atoms with Crippen molar-refractivity contribution in [3.8, 4) is 0 Å². The first-order chi connectivity index (χ1) is 8.02. The highest BCUT2D eigenvalue weighted by Gasteiger charge is 2.28. The number of hydrogen-bond acceptors (Lipinski definition) is 3. The molecule has 0 bridgehead atoms.